The van der Waals surface area contributed by atoms with Gasteiger partial charge in [-0.05, 0) is 38.4 Å². The summed E-state index contributed by atoms with van der Waals surface area (Å²) in [5, 5.41) is 3.60. The van der Waals surface area contributed by atoms with Crippen molar-refractivity contribution in [3.8, 4) is 5.75 Å². The normalized spacial score (nSPS) is 24.6. The van der Waals surface area contributed by atoms with Crippen molar-refractivity contribution in [2.24, 2.45) is 5.73 Å². The second-order valence-electron chi connectivity index (χ2n) is 4.35. The van der Waals surface area contributed by atoms with Gasteiger partial charge >= 0.3 is 0 Å². The fourth-order valence-electron chi connectivity index (χ4n) is 2.67. The summed E-state index contributed by atoms with van der Waals surface area (Å²) in [6.45, 7) is 1.77. The molecule has 16 heavy (non-hydrogen) atoms. The molecule has 3 heteroatoms. The van der Waals surface area contributed by atoms with Crippen molar-refractivity contribution in [1.29, 1.82) is 0 Å². The lowest BCUT2D eigenvalue weighted by Gasteiger charge is -2.31. The van der Waals surface area contributed by atoms with E-state index in [-0.39, 0.29) is 5.54 Å². The van der Waals surface area contributed by atoms with E-state index >= 15 is 0 Å². The van der Waals surface area contributed by atoms with Crippen LogP contribution in [0.1, 0.15) is 24.8 Å². The monoisotopic (exact) mass is 220 g/mol. The first kappa shape index (κ1) is 11.4. The molecule has 0 aliphatic carbocycles. The molecule has 3 N–H and O–H groups in total. The van der Waals surface area contributed by atoms with Crippen LogP contribution in [0, 0.1) is 0 Å². The van der Waals surface area contributed by atoms with E-state index in [0.29, 0.717) is 6.54 Å². The molecule has 0 aromatic heterocycles. The Hall–Kier alpha value is -1.06. The van der Waals surface area contributed by atoms with Crippen LogP contribution < -0.4 is 15.8 Å². The fraction of sp³-hybridized carbons (Fsp3) is 0.538. The van der Waals surface area contributed by atoms with Crippen molar-refractivity contribution < 1.29 is 4.74 Å². The van der Waals surface area contributed by atoms with Gasteiger partial charge in [-0.2, -0.15) is 0 Å². The summed E-state index contributed by atoms with van der Waals surface area (Å²) in [7, 11) is 1.73. The predicted octanol–water partition coefficient (Wildman–Crippen LogP) is 1.62. The minimum atomic E-state index is 0.0291. The van der Waals surface area contributed by atoms with Crippen molar-refractivity contribution in [3.63, 3.8) is 0 Å². The number of hydrogen-bond donors (Lipinski definition) is 2. The molecule has 1 aromatic rings. The molecule has 0 spiro atoms. The Kier molecular flexibility index (Phi) is 3.46. The van der Waals surface area contributed by atoms with Crippen LogP contribution in [0.3, 0.4) is 0 Å². The van der Waals surface area contributed by atoms with Crippen molar-refractivity contribution in [2.45, 2.75) is 24.8 Å². The summed E-state index contributed by atoms with van der Waals surface area (Å²) < 4.78 is 5.45. The second kappa shape index (κ2) is 4.85. The quantitative estimate of drug-likeness (QED) is 0.810. The van der Waals surface area contributed by atoms with E-state index in [9.17, 15) is 0 Å². The van der Waals surface area contributed by atoms with Gasteiger partial charge in [0.15, 0.2) is 0 Å². The first-order valence-electron chi connectivity index (χ1n) is 5.91. The maximum absolute atomic E-state index is 5.74. The van der Waals surface area contributed by atoms with Crippen LogP contribution in [-0.2, 0) is 5.54 Å². The number of benzene rings is 1. The Morgan fingerprint density at radius 1 is 1.44 bits per heavy atom. The van der Waals surface area contributed by atoms with Crippen LogP contribution in [0.4, 0.5) is 0 Å². The maximum atomic E-state index is 5.74. The van der Waals surface area contributed by atoms with Crippen LogP contribution in [-0.4, -0.2) is 20.2 Å². The Labute approximate surface area is 97.0 Å². The fourth-order valence-corrected chi connectivity index (χ4v) is 2.67. The molecule has 0 saturated carbocycles. The average Bonchev–Trinajstić information content (AvgIpc) is 2.79. The van der Waals surface area contributed by atoms with E-state index in [2.05, 4.69) is 17.4 Å². The third kappa shape index (κ3) is 1.93. The van der Waals surface area contributed by atoms with Crippen LogP contribution in [0.15, 0.2) is 24.3 Å². The van der Waals surface area contributed by atoms with Crippen molar-refractivity contribution >= 4 is 0 Å². The Bertz CT molecular complexity index is 346. The third-order valence-electron chi connectivity index (χ3n) is 3.44. The summed E-state index contributed by atoms with van der Waals surface area (Å²) in [4.78, 5) is 0. The van der Waals surface area contributed by atoms with E-state index in [4.69, 9.17) is 10.5 Å². The summed E-state index contributed by atoms with van der Waals surface area (Å²) in [5.41, 5.74) is 7.02. The summed E-state index contributed by atoms with van der Waals surface area (Å²) in [5.74, 6) is 0.963. The minimum Gasteiger partial charge on any atom is -0.496 e. The zero-order valence-electron chi connectivity index (χ0n) is 9.83. The van der Waals surface area contributed by atoms with Gasteiger partial charge in [-0.15, -0.1) is 0 Å². The van der Waals surface area contributed by atoms with Gasteiger partial charge < -0.3 is 15.8 Å². The molecule has 1 saturated heterocycles. The molecule has 3 nitrogen and oxygen atoms in total. The van der Waals surface area contributed by atoms with Gasteiger partial charge in [-0.3, -0.25) is 0 Å². The molecular weight excluding hydrogens is 200 g/mol. The van der Waals surface area contributed by atoms with E-state index < -0.39 is 0 Å². The van der Waals surface area contributed by atoms with Gasteiger partial charge in [-0.1, -0.05) is 18.2 Å². The smallest absolute Gasteiger partial charge is 0.123 e. The highest BCUT2D eigenvalue weighted by Gasteiger charge is 2.36. The van der Waals surface area contributed by atoms with E-state index in [0.717, 1.165) is 25.1 Å². The van der Waals surface area contributed by atoms with Gasteiger partial charge in [0.05, 0.1) is 7.11 Å². The van der Waals surface area contributed by atoms with E-state index in [1.54, 1.807) is 7.11 Å². The van der Waals surface area contributed by atoms with E-state index in [1.165, 1.54) is 12.0 Å². The molecule has 0 radical (unpaired) electrons. The van der Waals surface area contributed by atoms with Gasteiger partial charge in [0.1, 0.15) is 5.75 Å². The minimum absolute atomic E-state index is 0.0291. The predicted molar refractivity (Wildman–Crippen MR) is 65.6 cm³/mol. The Morgan fingerprint density at radius 3 is 2.88 bits per heavy atom. The van der Waals surface area contributed by atoms with Crippen LogP contribution in [0.5, 0.6) is 5.75 Å². The zero-order chi connectivity index (χ0) is 11.4. The van der Waals surface area contributed by atoms with Crippen LogP contribution in [0.2, 0.25) is 0 Å². The maximum Gasteiger partial charge on any atom is 0.123 e. The molecule has 0 amide bonds. The number of ether oxygens (including phenoxy) is 1. The van der Waals surface area contributed by atoms with Crippen molar-refractivity contribution in [2.75, 3.05) is 20.2 Å². The molecular formula is C13H20N2O. The third-order valence-corrected chi connectivity index (χ3v) is 3.44. The Morgan fingerprint density at radius 2 is 2.25 bits per heavy atom. The summed E-state index contributed by atoms with van der Waals surface area (Å²) in [6, 6.07) is 8.24. The molecule has 2 rings (SSSR count). The molecule has 1 unspecified atom stereocenters. The van der Waals surface area contributed by atoms with Gasteiger partial charge in [0, 0.05) is 11.1 Å². The van der Waals surface area contributed by atoms with Crippen molar-refractivity contribution in [3.05, 3.63) is 29.8 Å². The molecule has 1 heterocycles. The van der Waals surface area contributed by atoms with Crippen LogP contribution in [0.25, 0.3) is 0 Å². The topological polar surface area (TPSA) is 47.3 Å². The first-order valence-corrected chi connectivity index (χ1v) is 5.91. The number of rotatable bonds is 4. The lowest BCUT2D eigenvalue weighted by molar-refractivity contribution is 0.335. The lowest BCUT2D eigenvalue weighted by Crippen LogP contribution is -2.39. The molecule has 1 aromatic carbocycles. The van der Waals surface area contributed by atoms with Crippen molar-refractivity contribution in [1.82, 2.24) is 5.32 Å². The molecule has 1 atom stereocenters. The number of nitrogens with two attached hydrogens (primary N) is 1. The lowest BCUT2D eigenvalue weighted by atomic mass is 9.84. The molecule has 1 aliphatic rings. The number of hydrogen-bond acceptors (Lipinski definition) is 3. The zero-order valence-corrected chi connectivity index (χ0v) is 9.83. The first-order chi connectivity index (χ1) is 7.82. The average molecular weight is 220 g/mol. The standard InChI is InChI=1S/C13H20N2O/c1-16-12-6-3-2-5-11(12)13(8-9-14)7-4-10-15-13/h2-3,5-6,15H,4,7-10,14H2,1H3. The van der Waals surface area contributed by atoms with Gasteiger partial charge in [-0.25, -0.2) is 0 Å². The van der Waals surface area contributed by atoms with Gasteiger partial charge in [0.25, 0.3) is 0 Å². The number of nitrogens with one attached hydrogen (secondary N) is 1. The molecule has 1 aliphatic heterocycles. The SMILES string of the molecule is COc1ccccc1C1(CCN)CCCN1. The molecule has 0 bridgehead atoms. The highest BCUT2D eigenvalue weighted by atomic mass is 16.5. The van der Waals surface area contributed by atoms with Crippen LogP contribution >= 0.6 is 0 Å². The molecule has 1 fully saturated rings. The highest BCUT2D eigenvalue weighted by molar-refractivity contribution is 5.40. The summed E-state index contributed by atoms with van der Waals surface area (Å²) >= 11 is 0. The van der Waals surface area contributed by atoms with Gasteiger partial charge in [0.2, 0.25) is 0 Å². The number of para-hydroxylation sites is 1. The largest absolute Gasteiger partial charge is 0.496 e. The molecule has 88 valence electrons. The summed E-state index contributed by atoms with van der Waals surface area (Å²) in [6.07, 6.45) is 3.32. The number of methoxy groups -OCH3 is 1. The highest BCUT2D eigenvalue weighted by Crippen LogP contribution is 2.38. The Balaban J connectivity index is 2.38. The van der Waals surface area contributed by atoms with E-state index in [1.807, 2.05) is 12.1 Å². The second-order valence-corrected chi connectivity index (χ2v) is 4.35.